The van der Waals surface area contributed by atoms with Gasteiger partial charge in [-0.05, 0) is 25.0 Å². The Morgan fingerprint density at radius 2 is 1.78 bits per heavy atom. The van der Waals surface area contributed by atoms with Crippen LogP contribution in [-0.2, 0) is 10.0 Å². The Morgan fingerprint density at radius 1 is 1.17 bits per heavy atom. The van der Waals surface area contributed by atoms with Crippen molar-refractivity contribution < 1.29 is 18.3 Å². The number of nitrogens with zero attached hydrogens (tertiary/aromatic N) is 1. The zero-order valence-corrected chi connectivity index (χ0v) is 11.5. The summed E-state index contributed by atoms with van der Waals surface area (Å²) in [6.45, 7) is 1.06. The van der Waals surface area contributed by atoms with Gasteiger partial charge in [0, 0.05) is 13.1 Å². The maximum Gasteiger partial charge on any atom is 0.345 e. The van der Waals surface area contributed by atoms with Crippen molar-refractivity contribution in [2.24, 2.45) is 0 Å². The van der Waals surface area contributed by atoms with Gasteiger partial charge in [-0.25, -0.2) is 13.2 Å². The van der Waals surface area contributed by atoms with Crippen molar-refractivity contribution >= 4 is 27.3 Å². The Hall–Kier alpha value is -0.920. The van der Waals surface area contributed by atoms with Crippen LogP contribution in [0.2, 0.25) is 0 Å². The second-order valence-corrected chi connectivity index (χ2v) is 7.49. The van der Waals surface area contributed by atoms with Gasteiger partial charge in [0.05, 0.1) is 0 Å². The molecule has 0 radical (unpaired) electrons. The maximum absolute atomic E-state index is 12.3. The molecule has 0 unspecified atom stereocenters. The molecule has 1 aliphatic rings. The lowest BCUT2D eigenvalue weighted by Gasteiger charge is -2.18. The maximum atomic E-state index is 12.3. The van der Waals surface area contributed by atoms with Crippen LogP contribution in [0.1, 0.15) is 35.4 Å². The first-order valence-corrected chi connectivity index (χ1v) is 8.11. The first-order chi connectivity index (χ1) is 8.51. The van der Waals surface area contributed by atoms with Gasteiger partial charge in [-0.3, -0.25) is 0 Å². The first kappa shape index (κ1) is 13.5. The minimum Gasteiger partial charge on any atom is -0.477 e. The molecule has 2 heterocycles. The molecule has 100 valence electrons. The molecule has 0 atom stereocenters. The smallest absolute Gasteiger partial charge is 0.345 e. The topological polar surface area (TPSA) is 74.7 Å². The Morgan fingerprint density at radius 3 is 2.28 bits per heavy atom. The van der Waals surface area contributed by atoms with E-state index >= 15 is 0 Å². The molecule has 5 nitrogen and oxygen atoms in total. The van der Waals surface area contributed by atoms with Crippen molar-refractivity contribution in [2.45, 2.75) is 29.9 Å². The highest BCUT2D eigenvalue weighted by molar-refractivity contribution is 7.91. The van der Waals surface area contributed by atoms with Crippen LogP contribution >= 0.6 is 11.3 Å². The fourth-order valence-electron chi connectivity index (χ4n) is 1.98. The molecule has 1 N–H and O–H groups in total. The molecule has 0 saturated carbocycles. The summed E-state index contributed by atoms with van der Waals surface area (Å²) in [5.41, 5.74) is 0. The van der Waals surface area contributed by atoms with E-state index in [-0.39, 0.29) is 9.09 Å². The van der Waals surface area contributed by atoms with Crippen molar-refractivity contribution in [3.63, 3.8) is 0 Å². The highest BCUT2D eigenvalue weighted by Gasteiger charge is 2.27. The van der Waals surface area contributed by atoms with Crippen molar-refractivity contribution in [3.8, 4) is 0 Å². The van der Waals surface area contributed by atoms with E-state index in [9.17, 15) is 13.2 Å². The van der Waals surface area contributed by atoms with Crippen LogP contribution in [0, 0.1) is 0 Å². The number of carboxylic acid groups (broad SMARTS) is 1. The summed E-state index contributed by atoms with van der Waals surface area (Å²) in [5.74, 6) is -1.09. The highest BCUT2D eigenvalue weighted by Crippen LogP contribution is 2.26. The predicted molar refractivity (Wildman–Crippen MR) is 68.5 cm³/mol. The third-order valence-electron chi connectivity index (χ3n) is 2.95. The molecule has 7 heteroatoms. The molecule has 1 fully saturated rings. The van der Waals surface area contributed by atoms with Crippen LogP contribution in [0.5, 0.6) is 0 Å². The summed E-state index contributed by atoms with van der Waals surface area (Å²) >= 11 is 0.819. The number of thiophene rings is 1. The summed E-state index contributed by atoms with van der Waals surface area (Å²) in [4.78, 5) is 10.8. The number of carbonyl (C=O) groups is 1. The lowest BCUT2D eigenvalue weighted by Crippen LogP contribution is -2.31. The standard InChI is InChI=1S/C11H15NO4S2/c13-11(14)9-5-6-10(17-9)18(15,16)12-7-3-1-2-4-8-12/h5-6H,1-4,7-8H2,(H,13,14). The largest absolute Gasteiger partial charge is 0.477 e. The lowest BCUT2D eigenvalue weighted by atomic mass is 10.2. The quantitative estimate of drug-likeness (QED) is 0.923. The molecule has 0 bridgehead atoms. The number of carboxylic acids is 1. The normalized spacial score (nSPS) is 18.4. The summed E-state index contributed by atoms with van der Waals surface area (Å²) in [6.07, 6.45) is 3.85. The van der Waals surface area contributed by atoms with Crippen LogP contribution in [0.3, 0.4) is 0 Å². The van der Waals surface area contributed by atoms with Gasteiger partial charge in [0.15, 0.2) is 0 Å². The minimum atomic E-state index is -3.51. The third-order valence-corrected chi connectivity index (χ3v) is 6.39. The molecule has 2 rings (SSSR count). The molecule has 1 saturated heterocycles. The summed E-state index contributed by atoms with van der Waals surface area (Å²) in [7, 11) is -3.51. The van der Waals surface area contributed by atoms with Crippen molar-refractivity contribution in [2.75, 3.05) is 13.1 Å². The molecular formula is C11H15NO4S2. The van der Waals surface area contributed by atoms with Gasteiger partial charge in [-0.1, -0.05) is 12.8 Å². The van der Waals surface area contributed by atoms with Gasteiger partial charge in [-0.2, -0.15) is 4.31 Å². The zero-order chi connectivity index (χ0) is 13.2. The highest BCUT2D eigenvalue weighted by atomic mass is 32.2. The Kier molecular flexibility index (Phi) is 4.04. The first-order valence-electron chi connectivity index (χ1n) is 5.85. The minimum absolute atomic E-state index is 0.0587. The summed E-state index contributed by atoms with van der Waals surface area (Å²) in [6, 6.07) is 2.73. The molecule has 0 amide bonds. The van der Waals surface area contributed by atoms with E-state index in [4.69, 9.17) is 5.11 Å². The molecule has 0 aliphatic carbocycles. The fourth-order valence-corrected chi connectivity index (χ4v) is 4.80. The van der Waals surface area contributed by atoms with E-state index in [1.165, 1.54) is 16.4 Å². The van der Waals surface area contributed by atoms with Crippen LogP contribution < -0.4 is 0 Å². The van der Waals surface area contributed by atoms with E-state index in [1.807, 2.05) is 0 Å². The predicted octanol–water partition coefficient (Wildman–Crippen LogP) is 2.01. The SMILES string of the molecule is O=C(O)c1ccc(S(=O)(=O)N2CCCCCC2)s1. The summed E-state index contributed by atoms with van der Waals surface area (Å²) < 4.78 is 26.2. The van der Waals surface area contributed by atoms with E-state index in [2.05, 4.69) is 0 Å². The molecular weight excluding hydrogens is 274 g/mol. The molecule has 0 aromatic carbocycles. The van der Waals surface area contributed by atoms with Crippen molar-refractivity contribution in [3.05, 3.63) is 17.0 Å². The molecule has 18 heavy (non-hydrogen) atoms. The number of hydrogen-bond acceptors (Lipinski definition) is 4. The molecule has 1 aromatic rings. The van der Waals surface area contributed by atoms with Crippen LogP contribution in [0.25, 0.3) is 0 Å². The average molecular weight is 289 g/mol. The van der Waals surface area contributed by atoms with E-state index in [0.29, 0.717) is 13.1 Å². The van der Waals surface area contributed by atoms with E-state index < -0.39 is 16.0 Å². The van der Waals surface area contributed by atoms with Gasteiger partial charge < -0.3 is 5.11 Å². The van der Waals surface area contributed by atoms with Gasteiger partial charge in [0.2, 0.25) is 0 Å². The van der Waals surface area contributed by atoms with Crippen molar-refractivity contribution in [1.29, 1.82) is 0 Å². The van der Waals surface area contributed by atoms with Gasteiger partial charge in [-0.15, -0.1) is 11.3 Å². The second-order valence-electron chi connectivity index (χ2n) is 4.24. The Labute approximate surface area is 110 Å². The number of hydrogen-bond donors (Lipinski definition) is 1. The molecule has 1 aromatic heterocycles. The monoisotopic (exact) mass is 289 g/mol. The molecule has 1 aliphatic heterocycles. The van der Waals surface area contributed by atoms with E-state index in [0.717, 1.165) is 37.0 Å². The Bertz CT molecular complexity index is 527. The second kappa shape index (κ2) is 5.38. The average Bonchev–Trinajstić information content (AvgIpc) is 2.66. The van der Waals surface area contributed by atoms with E-state index in [1.54, 1.807) is 0 Å². The fraction of sp³-hybridized carbons (Fsp3) is 0.545. The zero-order valence-electron chi connectivity index (χ0n) is 9.83. The van der Waals surface area contributed by atoms with Crippen LogP contribution in [-0.4, -0.2) is 36.9 Å². The van der Waals surface area contributed by atoms with Crippen LogP contribution in [0.15, 0.2) is 16.3 Å². The van der Waals surface area contributed by atoms with Gasteiger partial charge in [0.1, 0.15) is 9.09 Å². The molecule has 0 spiro atoms. The Balaban J connectivity index is 2.25. The number of sulfonamides is 1. The number of aromatic carboxylic acids is 1. The van der Waals surface area contributed by atoms with Gasteiger partial charge >= 0.3 is 5.97 Å². The number of rotatable bonds is 3. The van der Waals surface area contributed by atoms with Crippen molar-refractivity contribution in [1.82, 2.24) is 4.31 Å². The van der Waals surface area contributed by atoms with Crippen LogP contribution in [0.4, 0.5) is 0 Å². The summed E-state index contributed by atoms with van der Waals surface area (Å²) in [5, 5.41) is 8.82. The lowest BCUT2D eigenvalue weighted by molar-refractivity contribution is 0.0702. The van der Waals surface area contributed by atoms with Gasteiger partial charge in [0.25, 0.3) is 10.0 Å². The third kappa shape index (κ3) is 2.73.